The highest BCUT2D eigenvalue weighted by Crippen LogP contribution is 2.29. The summed E-state index contributed by atoms with van der Waals surface area (Å²) in [5.74, 6) is -2.44. The minimum atomic E-state index is -4.21. The van der Waals surface area contributed by atoms with Crippen LogP contribution in [0.3, 0.4) is 0 Å². The van der Waals surface area contributed by atoms with Crippen molar-refractivity contribution in [3.05, 3.63) is 36.2 Å². The summed E-state index contributed by atoms with van der Waals surface area (Å²) < 4.78 is 56.2. The van der Waals surface area contributed by atoms with Crippen LogP contribution in [0.2, 0.25) is 0 Å². The van der Waals surface area contributed by atoms with E-state index in [4.69, 9.17) is 0 Å². The second-order valence-electron chi connectivity index (χ2n) is 6.23. The molecule has 1 aliphatic rings. The van der Waals surface area contributed by atoms with Gasteiger partial charge in [0.2, 0.25) is 5.91 Å². The number of carbonyl (C=O) groups excluding carboxylic acids is 2. The third-order valence-corrected chi connectivity index (χ3v) is 4.36. The Hall–Kier alpha value is -2.62. The minimum Gasteiger partial charge on any atom is -0.465 e. The number of ether oxygens (including phenoxy) is 1. The Kier molecular flexibility index (Phi) is 7.00. The Labute approximate surface area is 159 Å². The molecular formula is C18H21F4N3O3. The first-order chi connectivity index (χ1) is 13.1. The molecule has 1 aromatic carbocycles. The number of nitrogens with zero attached hydrogens (tertiary/aromatic N) is 2. The van der Waals surface area contributed by atoms with Crippen molar-refractivity contribution in [2.45, 2.75) is 12.6 Å². The Bertz CT molecular complexity index is 744. The Balaban J connectivity index is 2.17. The largest absolute Gasteiger partial charge is 0.465 e. The summed E-state index contributed by atoms with van der Waals surface area (Å²) in [6, 6.07) is 2.57. The molecule has 154 valence electrons. The second kappa shape index (κ2) is 9.05. The monoisotopic (exact) mass is 403 g/mol. The van der Waals surface area contributed by atoms with Gasteiger partial charge < -0.3 is 15.0 Å². The van der Waals surface area contributed by atoms with Gasteiger partial charge in [-0.1, -0.05) is 6.58 Å². The molecule has 0 radical (unpaired) electrons. The third kappa shape index (κ3) is 5.69. The highest BCUT2D eigenvalue weighted by atomic mass is 19.4. The molecule has 1 N–H and O–H groups in total. The Morgan fingerprint density at radius 2 is 1.89 bits per heavy atom. The van der Waals surface area contributed by atoms with Crippen LogP contribution in [0.4, 0.5) is 28.9 Å². The Morgan fingerprint density at radius 1 is 1.25 bits per heavy atom. The second-order valence-corrected chi connectivity index (χ2v) is 6.23. The van der Waals surface area contributed by atoms with Gasteiger partial charge in [-0.2, -0.15) is 13.2 Å². The van der Waals surface area contributed by atoms with Crippen molar-refractivity contribution in [1.82, 2.24) is 4.90 Å². The van der Waals surface area contributed by atoms with Gasteiger partial charge >= 0.3 is 12.1 Å². The van der Waals surface area contributed by atoms with E-state index >= 15 is 0 Å². The van der Waals surface area contributed by atoms with Gasteiger partial charge in [0, 0.05) is 38.4 Å². The van der Waals surface area contributed by atoms with Gasteiger partial charge in [-0.3, -0.25) is 9.69 Å². The van der Waals surface area contributed by atoms with Crippen LogP contribution in [-0.4, -0.2) is 62.8 Å². The molecule has 1 fully saturated rings. The highest BCUT2D eigenvalue weighted by molar-refractivity contribution is 6.05. The molecule has 1 heterocycles. The minimum absolute atomic E-state index is 0.0637. The number of benzene rings is 1. The van der Waals surface area contributed by atoms with Crippen molar-refractivity contribution >= 4 is 23.3 Å². The van der Waals surface area contributed by atoms with Crippen LogP contribution in [-0.2, 0) is 9.53 Å². The Morgan fingerprint density at radius 3 is 2.43 bits per heavy atom. The van der Waals surface area contributed by atoms with Crippen LogP contribution in [0, 0.1) is 5.82 Å². The molecule has 0 bridgehead atoms. The van der Waals surface area contributed by atoms with Crippen LogP contribution in [0.1, 0.15) is 16.8 Å². The molecule has 28 heavy (non-hydrogen) atoms. The van der Waals surface area contributed by atoms with Crippen LogP contribution >= 0.6 is 0 Å². The zero-order chi connectivity index (χ0) is 20.9. The van der Waals surface area contributed by atoms with E-state index in [2.05, 4.69) is 16.6 Å². The topological polar surface area (TPSA) is 61.9 Å². The summed E-state index contributed by atoms with van der Waals surface area (Å²) in [5, 5.41) is 2.38. The van der Waals surface area contributed by atoms with Gasteiger partial charge in [-0.25, -0.2) is 9.18 Å². The summed E-state index contributed by atoms with van der Waals surface area (Å²) in [4.78, 5) is 26.9. The first kappa shape index (κ1) is 21.7. The molecule has 2 rings (SSSR count). The number of hydrogen-bond acceptors (Lipinski definition) is 5. The van der Waals surface area contributed by atoms with Crippen molar-refractivity contribution in [1.29, 1.82) is 0 Å². The number of halogens is 4. The lowest BCUT2D eigenvalue weighted by atomic mass is 10.1. The first-order valence-corrected chi connectivity index (χ1v) is 8.54. The quantitative estimate of drug-likeness (QED) is 0.450. The van der Waals surface area contributed by atoms with E-state index in [-0.39, 0.29) is 12.2 Å². The van der Waals surface area contributed by atoms with E-state index in [9.17, 15) is 27.2 Å². The number of anilines is 2. The predicted octanol–water partition coefficient (Wildman–Crippen LogP) is 2.81. The molecule has 0 spiro atoms. The SMILES string of the molecule is C=CC(=O)Nc1cc(N2CCN(CCC(F)(F)F)CC2)cc(F)c1C(=O)OC. The van der Waals surface area contributed by atoms with Crippen molar-refractivity contribution in [3.63, 3.8) is 0 Å². The fourth-order valence-corrected chi connectivity index (χ4v) is 2.88. The molecule has 6 nitrogen and oxygen atoms in total. The van der Waals surface area contributed by atoms with Crippen molar-refractivity contribution in [2.75, 3.05) is 50.1 Å². The van der Waals surface area contributed by atoms with E-state index in [1.807, 2.05) is 0 Å². The van der Waals surface area contributed by atoms with Crippen LogP contribution in [0.25, 0.3) is 0 Å². The number of methoxy groups -OCH3 is 1. The summed E-state index contributed by atoms with van der Waals surface area (Å²) in [5.41, 5.74) is -0.0727. The molecule has 10 heteroatoms. The van der Waals surface area contributed by atoms with Gasteiger partial charge in [0.25, 0.3) is 0 Å². The number of piperazine rings is 1. The van der Waals surface area contributed by atoms with E-state index in [0.717, 1.165) is 19.3 Å². The smallest absolute Gasteiger partial charge is 0.390 e. The van der Waals surface area contributed by atoms with Gasteiger partial charge in [-0.15, -0.1) is 0 Å². The molecule has 0 saturated carbocycles. The zero-order valence-corrected chi connectivity index (χ0v) is 15.3. The lowest BCUT2D eigenvalue weighted by Gasteiger charge is -2.36. The maximum atomic E-state index is 14.5. The number of esters is 1. The maximum Gasteiger partial charge on any atom is 0.390 e. The summed E-state index contributed by atoms with van der Waals surface area (Å²) in [7, 11) is 1.09. The van der Waals surface area contributed by atoms with E-state index in [0.29, 0.717) is 31.9 Å². The van der Waals surface area contributed by atoms with Crippen molar-refractivity contribution in [3.8, 4) is 0 Å². The third-order valence-electron chi connectivity index (χ3n) is 4.36. The van der Waals surface area contributed by atoms with E-state index in [1.165, 1.54) is 6.07 Å². The van der Waals surface area contributed by atoms with Crippen LogP contribution in [0.15, 0.2) is 24.8 Å². The number of carbonyl (C=O) groups is 2. The lowest BCUT2D eigenvalue weighted by molar-refractivity contribution is -0.138. The first-order valence-electron chi connectivity index (χ1n) is 8.54. The van der Waals surface area contributed by atoms with Crippen molar-refractivity contribution in [2.24, 2.45) is 0 Å². The molecule has 0 aliphatic carbocycles. The molecule has 0 atom stereocenters. The lowest BCUT2D eigenvalue weighted by Crippen LogP contribution is -2.47. The summed E-state index contributed by atoms with van der Waals surface area (Å²) >= 11 is 0. The fourth-order valence-electron chi connectivity index (χ4n) is 2.88. The predicted molar refractivity (Wildman–Crippen MR) is 95.9 cm³/mol. The average Bonchev–Trinajstić information content (AvgIpc) is 2.65. The number of rotatable bonds is 6. The van der Waals surface area contributed by atoms with Crippen molar-refractivity contribution < 1.29 is 31.9 Å². The molecule has 0 aromatic heterocycles. The standard InChI is InChI=1S/C18H21F4N3O3/c1-3-15(26)23-14-11-12(10-13(19)16(14)17(27)28-2)25-8-6-24(7-9-25)5-4-18(20,21)22/h3,10-11H,1,4-9H2,2H3,(H,23,26). The number of hydrogen-bond donors (Lipinski definition) is 1. The van der Waals surface area contributed by atoms with Gasteiger partial charge in [0.05, 0.1) is 19.2 Å². The maximum absolute atomic E-state index is 14.5. The number of amides is 1. The summed E-state index contributed by atoms with van der Waals surface area (Å²) in [6.07, 6.45) is -4.11. The number of nitrogens with one attached hydrogen (secondary N) is 1. The normalized spacial score (nSPS) is 15.2. The molecule has 1 aromatic rings. The molecule has 0 unspecified atom stereocenters. The fraction of sp³-hybridized carbons (Fsp3) is 0.444. The van der Waals surface area contributed by atoms with Gasteiger partial charge in [0.15, 0.2) is 0 Å². The molecule has 1 amide bonds. The molecule has 1 aliphatic heterocycles. The highest BCUT2D eigenvalue weighted by Gasteiger charge is 2.29. The van der Waals surface area contributed by atoms with E-state index in [1.54, 1.807) is 9.80 Å². The number of alkyl halides is 3. The van der Waals surface area contributed by atoms with E-state index < -0.39 is 35.9 Å². The van der Waals surface area contributed by atoms with Crippen LogP contribution < -0.4 is 10.2 Å². The summed E-state index contributed by atoms with van der Waals surface area (Å²) in [6.45, 7) is 4.74. The molecule has 1 saturated heterocycles. The van der Waals surface area contributed by atoms with Gasteiger partial charge in [-0.05, 0) is 18.2 Å². The van der Waals surface area contributed by atoms with Gasteiger partial charge in [0.1, 0.15) is 11.4 Å². The average molecular weight is 403 g/mol. The molecular weight excluding hydrogens is 382 g/mol. The van der Waals surface area contributed by atoms with Crippen LogP contribution in [0.5, 0.6) is 0 Å². The zero-order valence-electron chi connectivity index (χ0n) is 15.3.